The second-order valence-electron chi connectivity index (χ2n) is 6.04. The Kier molecular flexibility index (Phi) is 6.80. The maximum absolute atomic E-state index is 13.1. The van der Waals surface area contributed by atoms with Crippen LogP contribution in [0.5, 0.6) is 0 Å². The van der Waals surface area contributed by atoms with Crippen molar-refractivity contribution >= 4 is 23.2 Å². The molecule has 8 heteroatoms. The lowest BCUT2D eigenvalue weighted by molar-refractivity contribution is -0.122. The molecule has 0 bridgehead atoms. The molecule has 0 spiro atoms. The molecule has 0 unspecified atom stereocenters. The van der Waals surface area contributed by atoms with Crippen LogP contribution in [0.25, 0.3) is 10.7 Å². The molecule has 1 aromatic carbocycles. The number of rotatable bonds is 8. The van der Waals surface area contributed by atoms with Crippen LogP contribution in [-0.2, 0) is 22.4 Å². The van der Waals surface area contributed by atoms with E-state index in [4.69, 9.17) is 0 Å². The van der Waals surface area contributed by atoms with Crippen LogP contribution < -0.4 is 10.6 Å². The van der Waals surface area contributed by atoms with Gasteiger partial charge in [0.25, 0.3) is 0 Å². The Morgan fingerprint density at radius 2 is 1.79 bits per heavy atom. The van der Waals surface area contributed by atoms with Gasteiger partial charge in [0.05, 0.1) is 24.2 Å². The topological polar surface area (TPSA) is 84.0 Å². The lowest BCUT2D eigenvalue weighted by Gasteiger charge is -2.07. The highest BCUT2D eigenvalue weighted by Gasteiger charge is 2.10. The van der Waals surface area contributed by atoms with E-state index in [1.807, 2.05) is 23.6 Å². The van der Waals surface area contributed by atoms with Crippen LogP contribution in [0, 0.1) is 5.82 Å². The third-order valence-corrected chi connectivity index (χ3v) is 4.71. The molecule has 0 saturated heterocycles. The number of carbonyl (C=O) groups is 2. The molecule has 0 aliphatic rings. The van der Waals surface area contributed by atoms with Gasteiger partial charge in [0.15, 0.2) is 0 Å². The van der Waals surface area contributed by atoms with E-state index >= 15 is 0 Å². The van der Waals surface area contributed by atoms with Crippen molar-refractivity contribution in [3.63, 3.8) is 0 Å². The molecule has 144 valence electrons. The van der Waals surface area contributed by atoms with E-state index in [-0.39, 0.29) is 30.5 Å². The molecule has 0 aliphatic carbocycles. The minimum atomic E-state index is -0.370. The number of nitrogens with one attached hydrogen (secondary N) is 2. The van der Waals surface area contributed by atoms with Crippen LogP contribution in [0.4, 0.5) is 4.39 Å². The zero-order valence-corrected chi connectivity index (χ0v) is 15.8. The van der Waals surface area contributed by atoms with Crippen molar-refractivity contribution < 1.29 is 14.0 Å². The molecule has 0 saturated carbocycles. The Morgan fingerprint density at radius 3 is 2.50 bits per heavy atom. The highest BCUT2D eigenvalue weighted by atomic mass is 32.1. The molecule has 3 aromatic rings. The first-order valence-corrected chi connectivity index (χ1v) is 9.62. The quantitative estimate of drug-likeness (QED) is 0.571. The van der Waals surface area contributed by atoms with Crippen molar-refractivity contribution in [1.82, 2.24) is 20.6 Å². The molecule has 2 amide bonds. The fourth-order valence-corrected chi connectivity index (χ4v) is 3.32. The van der Waals surface area contributed by atoms with Crippen LogP contribution in [0.15, 0.2) is 54.0 Å². The number of hydrogen-bond acceptors (Lipinski definition) is 5. The Hall–Kier alpha value is -3.13. The average molecular weight is 398 g/mol. The summed E-state index contributed by atoms with van der Waals surface area (Å²) in [6.07, 6.45) is 1.97. The Bertz CT molecular complexity index is 946. The third-order valence-electron chi connectivity index (χ3n) is 3.80. The maximum Gasteiger partial charge on any atom is 0.226 e. The van der Waals surface area contributed by atoms with Gasteiger partial charge in [-0.1, -0.05) is 18.2 Å². The maximum atomic E-state index is 13.1. The van der Waals surface area contributed by atoms with E-state index < -0.39 is 0 Å². The predicted molar refractivity (Wildman–Crippen MR) is 105 cm³/mol. The molecule has 0 atom stereocenters. The Morgan fingerprint density at radius 1 is 1.00 bits per heavy atom. The predicted octanol–water partition coefficient (Wildman–Crippen LogP) is 2.36. The van der Waals surface area contributed by atoms with Gasteiger partial charge in [0.1, 0.15) is 10.8 Å². The van der Waals surface area contributed by atoms with Crippen LogP contribution >= 0.6 is 11.3 Å². The van der Waals surface area contributed by atoms with Crippen LogP contribution in [0.3, 0.4) is 0 Å². The Labute approximate surface area is 165 Å². The summed E-state index contributed by atoms with van der Waals surface area (Å²) >= 11 is 1.44. The van der Waals surface area contributed by atoms with Crippen LogP contribution in [0.1, 0.15) is 11.3 Å². The van der Waals surface area contributed by atoms with Crippen molar-refractivity contribution in [2.45, 2.75) is 12.8 Å². The minimum absolute atomic E-state index is 0.0980. The summed E-state index contributed by atoms with van der Waals surface area (Å²) in [5.74, 6) is -0.762. The molecule has 3 rings (SSSR count). The summed E-state index contributed by atoms with van der Waals surface area (Å²) in [6.45, 7) is 0.612. The normalized spacial score (nSPS) is 10.5. The zero-order valence-electron chi connectivity index (χ0n) is 15.0. The minimum Gasteiger partial charge on any atom is -0.354 e. The van der Waals surface area contributed by atoms with E-state index in [0.29, 0.717) is 24.3 Å². The van der Waals surface area contributed by atoms with Gasteiger partial charge in [-0.2, -0.15) is 0 Å². The van der Waals surface area contributed by atoms with E-state index in [1.54, 1.807) is 18.3 Å². The number of amides is 2. The molecule has 6 nitrogen and oxygen atoms in total. The van der Waals surface area contributed by atoms with Gasteiger partial charge < -0.3 is 10.6 Å². The van der Waals surface area contributed by atoms with Crippen molar-refractivity contribution in [1.29, 1.82) is 0 Å². The standard InChI is InChI=1S/C20H19FN4O2S/c21-15-5-3-4-14(10-15)11-18(26)23-8-9-24-19(27)12-16-13-28-20(25-16)17-6-1-2-7-22-17/h1-7,10,13H,8-9,11-12H2,(H,23,26)(H,24,27). The molecular formula is C20H19FN4O2S. The van der Waals surface area contributed by atoms with Gasteiger partial charge in [-0.05, 0) is 29.8 Å². The highest BCUT2D eigenvalue weighted by Crippen LogP contribution is 2.21. The second kappa shape index (κ2) is 9.70. The number of halogens is 1. The van der Waals surface area contributed by atoms with Crippen LogP contribution in [0.2, 0.25) is 0 Å². The summed E-state index contributed by atoms with van der Waals surface area (Å²) in [5.41, 5.74) is 2.06. The molecule has 0 aliphatic heterocycles. The van der Waals surface area contributed by atoms with Gasteiger partial charge in [-0.3, -0.25) is 14.6 Å². The number of nitrogens with zero attached hydrogens (tertiary/aromatic N) is 2. The average Bonchev–Trinajstić information content (AvgIpc) is 3.14. The molecule has 2 heterocycles. The first kappa shape index (κ1) is 19.6. The molecule has 2 N–H and O–H groups in total. The number of aromatic nitrogens is 2. The van der Waals surface area contributed by atoms with E-state index in [0.717, 1.165) is 10.7 Å². The van der Waals surface area contributed by atoms with Crippen molar-refractivity contribution in [3.8, 4) is 10.7 Å². The van der Waals surface area contributed by atoms with Gasteiger partial charge >= 0.3 is 0 Å². The van der Waals surface area contributed by atoms with Crippen molar-refractivity contribution in [2.24, 2.45) is 0 Å². The summed E-state index contributed by atoms with van der Waals surface area (Å²) in [7, 11) is 0. The first-order valence-electron chi connectivity index (χ1n) is 8.74. The molecular weight excluding hydrogens is 379 g/mol. The monoisotopic (exact) mass is 398 g/mol. The van der Waals surface area contributed by atoms with E-state index in [1.165, 1.54) is 23.5 Å². The third kappa shape index (κ3) is 5.95. The largest absolute Gasteiger partial charge is 0.354 e. The number of benzene rings is 1. The number of hydrogen-bond donors (Lipinski definition) is 2. The zero-order chi connectivity index (χ0) is 19.8. The molecule has 0 fully saturated rings. The fraction of sp³-hybridized carbons (Fsp3) is 0.200. The summed E-state index contributed by atoms with van der Waals surface area (Å²) in [4.78, 5) is 32.5. The smallest absolute Gasteiger partial charge is 0.226 e. The van der Waals surface area contributed by atoms with Crippen molar-refractivity contribution in [3.05, 3.63) is 71.1 Å². The summed E-state index contributed by atoms with van der Waals surface area (Å²) < 4.78 is 13.1. The van der Waals surface area contributed by atoms with Gasteiger partial charge in [0, 0.05) is 24.7 Å². The number of carbonyl (C=O) groups excluding carboxylic acids is 2. The molecule has 0 radical (unpaired) electrons. The lowest BCUT2D eigenvalue weighted by Crippen LogP contribution is -2.36. The molecule has 2 aromatic heterocycles. The SMILES string of the molecule is O=C(Cc1cccc(F)c1)NCCNC(=O)Cc1csc(-c2ccccn2)n1. The summed E-state index contributed by atoms with van der Waals surface area (Å²) in [5, 5.41) is 8.05. The fourth-order valence-electron chi connectivity index (χ4n) is 2.52. The van der Waals surface area contributed by atoms with Gasteiger partial charge in [0.2, 0.25) is 11.8 Å². The van der Waals surface area contributed by atoms with Crippen molar-refractivity contribution in [2.75, 3.05) is 13.1 Å². The van der Waals surface area contributed by atoms with E-state index in [2.05, 4.69) is 20.6 Å². The summed E-state index contributed by atoms with van der Waals surface area (Å²) in [6, 6.07) is 11.5. The molecule has 28 heavy (non-hydrogen) atoms. The van der Waals surface area contributed by atoms with E-state index in [9.17, 15) is 14.0 Å². The first-order chi connectivity index (χ1) is 13.6. The van der Waals surface area contributed by atoms with Gasteiger partial charge in [-0.15, -0.1) is 11.3 Å². The number of thiazole rings is 1. The van der Waals surface area contributed by atoms with Gasteiger partial charge in [-0.25, -0.2) is 9.37 Å². The highest BCUT2D eigenvalue weighted by molar-refractivity contribution is 7.13. The number of pyridine rings is 1. The second-order valence-corrected chi connectivity index (χ2v) is 6.90. The Balaban J connectivity index is 1.37. The van der Waals surface area contributed by atoms with Crippen LogP contribution in [-0.4, -0.2) is 34.9 Å². The lowest BCUT2D eigenvalue weighted by atomic mass is 10.1.